The molecule has 0 saturated carbocycles. The summed E-state index contributed by atoms with van der Waals surface area (Å²) < 4.78 is 6.74. The fourth-order valence-electron chi connectivity index (χ4n) is 2.21. The van der Waals surface area contributed by atoms with E-state index in [1.807, 2.05) is 74.8 Å². The molecular weight excluding hydrogens is 357 g/mol. The Hall–Kier alpha value is -2.23. The summed E-state index contributed by atoms with van der Waals surface area (Å²) >= 11 is 12.0. The third kappa shape index (κ3) is 5.96. The molecule has 1 N–H and O–H groups in total. The summed E-state index contributed by atoms with van der Waals surface area (Å²) in [6.45, 7) is 2.22. The highest BCUT2D eigenvalue weighted by Crippen LogP contribution is 2.25. The van der Waals surface area contributed by atoms with Crippen molar-refractivity contribution in [1.82, 2.24) is 0 Å². The van der Waals surface area contributed by atoms with E-state index in [0.29, 0.717) is 16.7 Å². The first-order valence-corrected chi connectivity index (χ1v) is 8.57. The molecule has 0 bridgehead atoms. The predicted octanol–water partition coefficient (Wildman–Crippen LogP) is 5.53. The molecule has 0 unspecified atom stereocenters. The smallest absolute Gasteiger partial charge is 0.343 e. The number of hydrogen-bond donors (Lipinski definition) is 1. The van der Waals surface area contributed by atoms with Gasteiger partial charge in [0.1, 0.15) is 7.05 Å². The molecule has 0 amide bonds. The Balaban J connectivity index is 2.42. The van der Waals surface area contributed by atoms with Crippen LogP contribution < -0.4 is 0 Å². The van der Waals surface area contributed by atoms with Crippen molar-refractivity contribution < 1.29 is 14.4 Å². The van der Waals surface area contributed by atoms with Crippen molar-refractivity contribution in [3.63, 3.8) is 0 Å². The third-order valence-electron chi connectivity index (χ3n) is 3.39. The zero-order valence-corrected chi connectivity index (χ0v) is 15.6. The fraction of sp³-hybridized carbons (Fsp3) is 0.150. The highest BCUT2D eigenvalue weighted by molar-refractivity contribution is 6.31. The van der Waals surface area contributed by atoms with E-state index >= 15 is 0 Å². The van der Waals surface area contributed by atoms with Gasteiger partial charge in [0.15, 0.2) is 6.21 Å². The molecule has 3 nitrogen and oxygen atoms in total. The third-order valence-corrected chi connectivity index (χ3v) is 3.90. The maximum atomic E-state index is 9.61. The van der Waals surface area contributed by atoms with E-state index in [2.05, 4.69) is 0 Å². The van der Waals surface area contributed by atoms with Crippen LogP contribution in [0.5, 0.6) is 0 Å². The second-order valence-electron chi connectivity index (χ2n) is 5.31. The normalized spacial score (nSPS) is 12.0. The number of allylic oxidation sites excluding steroid dienone is 1. The first kappa shape index (κ1) is 19.1. The van der Waals surface area contributed by atoms with E-state index in [9.17, 15) is 5.11 Å². The standard InChI is InChI=1S/C20H19Cl2NO2/c1-3-25-20(24)14-23(2)13-12-19(15-4-8-17(21)9-5-15)16-6-10-18(22)11-7-16/h4-14H,3H2,1-2H3/p+1/b20-14+,23-13?. The van der Waals surface area contributed by atoms with Crippen molar-refractivity contribution in [2.24, 2.45) is 0 Å². The minimum Gasteiger partial charge on any atom is -0.477 e. The van der Waals surface area contributed by atoms with Gasteiger partial charge in [0.25, 0.3) is 0 Å². The van der Waals surface area contributed by atoms with Crippen LogP contribution in [0.15, 0.2) is 66.8 Å². The fourth-order valence-corrected chi connectivity index (χ4v) is 2.46. The van der Waals surface area contributed by atoms with Gasteiger partial charge in [-0.1, -0.05) is 47.5 Å². The first-order valence-electron chi connectivity index (χ1n) is 7.82. The Bertz CT molecular complexity index is 744. The van der Waals surface area contributed by atoms with Gasteiger partial charge >= 0.3 is 5.95 Å². The summed E-state index contributed by atoms with van der Waals surface area (Å²) in [5.74, 6) is -0.130. The van der Waals surface area contributed by atoms with E-state index in [4.69, 9.17) is 27.9 Å². The van der Waals surface area contributed by atoms with Crippen molar-refractivity contribution >= 4 is 35.0 Å². The summed E-state index contributed by atoms with van der Waals surface area (Å²) in [6.07, 6.45) is 5.30. The molecule has 0 aliphatic heterocycles. The lowest BCUT2D eigenvalue weighted by molar-refractivity contribution is -0.420. The van der Waals surface area contributed by atoms with E-state index in [1.165, 1.54) is 6.20 Å². The zero-order valence-electron chi connectivity index (χ0n) is 14.1. The summed E-state index contributed by atoms with van der Waals surface area (Å²) in [5, 5.41) is 11.0. The predicted molar refractivity (Wildman–Crippen MR) is 105 cm³/mol. The molecular formula is C20H20Cl2NO2+. The van der Waals surface area contributed by atoms with Gasteiger partial charge < -0.3 is 9.84 Å². The minimum atomic E-state index is -0.130. The highest BCUT2D eigenvalue weighted by atomic mass is 35.5. The molecule has 0 aliphatic carbocycles. The molecule has 2 rings (SSSR count). The van der Waals surface area contributed by atoms with E-state index in [1.54, 1.807) is 4.58 Å². The Morgan fingerprint density at radius 3 is 1.92 bits per heavy atom. The quantitative estimate of drug-likeness (QED) is 0.408. The summed E-state index contributed by atoms with van der Waals surface area (Å²) in [4.78, 5) is 0. The van der Waals surface area contributed by atoms with Gasteiger partial charge in [0.2, 0.25) is 6.20 Å². The lowest BCUT2D eigenvalue weighted by Crippen LogP contribution is -2.01. The number of rotatable bonds is 6. The van der Waals surface area contributed by atoms with Gasteiger partial charge in [0, 0.05) is 16.1 Å². The van der Waals surface area contributed by atoms with Gasteiger partial charge in [-0.15, -0.1) is 0 Å². The molecule has 5 heteroatoms. The Morgan fingerprint density at radius 2 is 1.48 bits per heavy atom. The van der Waals surface area contributed by atoms with Crippen LogP contribution in [0.1, 0.15) is 18.1 Å². The molecule has 0 aromatic heterocycles. The highest BCUT2D eigenvalue weighted by Gasteiger charge is 2.06. The molecule has 0 atom stereocenters. The van der Waals surface area contributed by atoms with E-state index < -0.39 is 0 Å². The van der Waals surface area contributed by atoms with Gasteiger partial charge in [-0.05, 0) is 47.9 Å². The molecule has 130 valence electrons. The Labute approximate surface area is 158 Å². The topological polar surface area (TPSA) is 32.5 Å². The lowest BCUT2D eigenvalue weighted by atomic mass is 9.98. The summed E-state index contributed by atoms with van der Waals surface area (Å²) in [6, 6.07) is 15.3. The van der Waals surface area contributed by atoms with Gasteiger partial charge in [-0.3, -0.25) is 0 Å². The number of nitrogens with zero attached hydrogens (tertiary/aromatic N) is 1. The summed E-state index contributed by atoms with van der Waals surface area (Å²) in [5.41, 5.74) is 3.05. The van der Waals surface area contributed by atoms with Gasteiger partial charge in [-0.25, -0.2) is 4.58 Å². The number of aliphatic hydroxyl groups is 1. The van der Waals surface area contributed by atoms with Crippen LogP contribution in [-0.2, 0) is 4.74 Å². The molecule has 0 radical (unpaired) electrons. The van der Waals surface area contributed by atoms with Crippen molar-refractivity contribution in [2.45, 2.75) is 6.92 Å². The molecule has 0 fully saturated rings. The second kappa shape index (κ2) is 9.30. The van der Waals surface area contributed by atoms with Crippen LogP contribution in [0, 0.1) is 0 Å². The van der Waals surface area contributed by atoms with Crippen molar-refractivity contribution in [2.75, 3.05) is 13.7 Å². The summed E-state index contributed by atoms with van der Waals surface area (Å²) in [7, 11) is 1.81. The van der Waals surface area contributed by atoms with Gasteiger partial charge in [0.05, 0.1) is 6.61 Å². The molecule has 0 spiro atoms. The molecule has 2 aromatic rings. The lowest BCUT2D eigenvalue weighted by Gasteiger charge is -2.08. The number of hydrogen-bond acceptors (Lipinski definition) is 2. The SMILES string of the molecule is CCO/C(O)=C/[N+](C)=CC=C(c1ccc(Cl)cc1)c1ccc(Cl)cc1. The second-order valence-corrected chi connectivity index (χ2v) is 6.18. The van der Waals surface area contributed by atoms with E-state index in [-0.39, 0.29) is 5.95 Å². The van der Waals surface area contributed by atoms with Crippen molar-refractivity contribution in [3.05, 3.63) is 87.9 Å². The van der Waals surface area contributed by atoms with Crippen molar-refractivity contribution in [3.8, 4) is 0 Å². The minimum absolute atomic E-state index is 0.130. The van der Waals surface area contributed by atoms with Crippen LogP contribution in [0.2, 0.25) is 10.0 Å². The molecule has 2 aromatic carbocycles. The van der Waals surface area contributed by atoms with Crippen molar-refractivity contribution in [1.29, 1.82) is 0 Å². The molecule has 0 heterocycles. The Kier molecular flexibility index (Phi) is 7.11. The monoisotopic (exact) mass is 376 g/mol. The molecule has 25 heavy (non-hydrogen) atoms. The van der Waals surface area contributed by atoms with Crippen LogP contribution >= 0.6 is 23.2 Å². The number of halogens is 2. The zero-order chi connectivity index (χ0) is 18.2. The van der Waals surface area contributed by atoms with E-state index in [0.717, 1.165) is 16.7 Å². The molecule has 0 saturated heterocycles. The van der Waals surface area contributed by atoms with Crippen LogP contribution in [0.4, 0.5) is 0 Å². The van der Waals surface area contributed by atoms with Gasteiger partial charge in [-0.2, -0.15) is 0 Å². The average Bonchev–Trinajstić information content (AvgIpc) is 2.58. The van der Waals surface area contributed by atoms with Crippen LogP contribution in [0.3, 0.4) is 0 Å². The van der Waals surface area contributed by atoms with Crippen LogP contribution in [-0.4, -0.2) is 29.6 Å². The maximum absolute atomic E-state index is 9.61. The average molecular weight is 377 g/mol. The molecule has 0 aliphatic rings. The number of aliphatic hydroxyl groups excluding tert-OH is 1. The number of ether oxygens (including phenoxy) is 1. The Morgan fingerprint density at radius 1 is 1.00 bits per heavy atom. The maximum Gasteiger partial charge on any atom is 0.343 e. The van der Waals surface area contributed by atoms with Crippen LogP contribution in [0.25, 0.3) is 5.57 Å². The number of benzene rings is 2. The first-order chi connectivity index (χ1) is 12.0. The largest absolute Gasteiger partial charge is 0.477 e.